The Morgan fingerprint density at radius 3 is 1.80 bits per heavy atom. The van der Waals surface area contributed by atoms with Gasteiger partial charge >= 0.3 is 4.83 Å². The third kappa shape index (κ3) is 2.00. The van der Waals surface area contributed by atoms with Crippen molar-refractivity contribution in [3.8, 4) is 0 Å². The Morgan fingerprint density at radius 1 is 1.50 bits per heavy atom. The van der Waals surface area contributed by atoms with Gasteiger partial charge in [0.15, 0.2) is 0 Å². The van der Waals surface area contributed by atoms with E-state index in [4.69, 9.17) is 5.11 Å². The summed E-state index contributed by atoms with van der Waals surface area (Å²) >= 11 is 6.33. The fourth-order valence-electron chi connectivity index (χ4n) is 0.237. The topological polar surface area (TPSA) is 20.2 Å². The molecule has 1 N–H and O–H groups in total. The fraction of sp³-hybridized carbons (Fsp3) is 1.00. The highest BCUT2D eigenvalue weighted by Gasteiger charge is 2.55. The number of aliphatic hydroxyl groups excluding tert-OH is 1. The molecule has 0 aliphatic rings. The zero-order valence-electron chi connectivity index (χ0n) is 4.91. The molecule has 0 radical (unpaired) electrons. The highest BCUT2D eigenvalue weighted by Crippen LogP contribution is 2.43. The Labute approximate surface area is 69.3 Å². The normalized spacial score (nSPS) is 21.9. The number of hydrogen-bond acceptors (Lipinski definition) is 1. The first kappa shape index (κ1) is 10.5. The standard InChI is InChI=1S/C4H5BrClF3O/c1-2(10)3(6,7)4(5,8)9/h2,10H,1H3. The predicted molar refractivity (Wildman–Crippen MR) is 35.2 cm³/mol. The van der Waals surface area contributed by atoms with Crippen LogP contribution in [0.2, 0.25) is 0 Å². The minimum Gasteiger partial charge on any atom is -0.388 e. The summed E-state index contributed by atoms with van der Waals surface area (Å²) in [5, 5.41) is 4.95. The molecular formula is C4H5BrClF3O. The van der Waals surface area contributed by atoms with Crippen LogP contribution in [-0.2, 0) is 0 Å². The minimum atomic E-state index is -3.92. The van der Waals surface area contributed by atoms with Crippen molar-refractivity contribution in [1.82, 2.24) is 0 Å². The summed E-state index contributed by atoms with van der Waals surface area (Å²) in [5.74, 6) is 0. The zero-order valence-corrected chi connectivity index (χ0v) is 7.26. The van der Waals surface area contributed by atoms with Gasteiger partial charge in [0, 0.05) is 0 Å². The summed E-state index contributed by atoms with van der Waals surface area (Å²) < 4.78 is 36.4. The largest absolute Gasteiger partial charge is 0.388 e. The van der Waals surface area contributed by atoms with Crippen molar-refractivity contribution < 1.29 is 18.3 Å². The van der Waals surface area contributed by atoms with Crippen molar-refractivity contribution >= 4 is 27.5 Å². The molecule has 0 heterocycles. The van der Waals surface area contributed by atoms with Crippen LogP contribution in [0.1, 0.15) is 6.92 Å². The summed E-state index contributed by atoms with van der Waals surface area (Å²) in [7, 11) is 0. The summed E-state index contributed by atoms with van der Waals surface area (Å²) in [6.07, 6.45) is -1.94. The molecule has 10 heavy (non-hydrogen) atoms. The monoisotopic (exact) mass is 240 g/mol. The third-order valence-corrected chi connectivity index (χ3v) is 2.26. The molecule has 1 nitrogen and oxygen atoms in total. The minimum absolute atomic E-state index is 0.835. The molecule has 0 aliphatic carbocycles. The molecule has 6 heteroatoms. The van der Waals surface area contributed by atoms with Gasteiger partial charge in [-0.15, -0.1) is 0 Å². The van der Waals surface area contributed by atoms with Crippen LogP contribution in [0.5, 0.6) is 0 Å². The third-order valence-electron chi connectivity index (χ3n) is 0.903. The molecule has 0 fully saturated rings. The van der Waals surface area contributed by atoms with Gasteiger partial charge in [-0.2, -0.15) is 8.78 Å². The summed E-state index contributed by atoms with van der Waals surface area (Å²) in [6, 6.07) is 0. The number of halogens is 5. The summed E-state index contributed by atoms with van der Waals surface area (Å²) in [5.41, 5.74) is 0. The van der Waals surface area contributed by atoms with Crippen LogP contribution < -0.4 is 0 Å². The van der Waals surface area contributed by atoms with Gasteiger partial charge in [-0.1, -0.05) is 11.6 Å². The van der Waals surface area contributed by atoms with Gasteiger partial charge in [0.25, 0.3) is 5.13 Å². The Balaban J connectivity index is 4.40. The smallest absolute Gasteiger partial charge is 0.351 e. The number of hydrogen-bond donors (Lipinski definition) is 1. The Bertz CT molecular complexity index is 122. The van der Waals surface area contributed by atoms with Crippen LogP contribution in [0.3, 0.4) is 0 Å². The molecule has 62 valence electrons. The number of rotatable bonds is 2. The van der Waals surface area contributed by atoms with Crippen LogP contribution in [0.4, 0.5) is 13.2 Å². The lowest BCUT2D eigenvalue weighted by Gasteiger charge is -2.25. The molecule has 0 amide bonds. The second-order valence-electron chi connectivity index (χ2n) is 1.80. The van der Waals surface area contributed by atoms with E-state index in [1.165, 1.54) is 0 Å². The molecule has 0 bridgehead atoms. The second-order valence-corrected chi connectivity index (χ2v) is 3.34. The Kier molecular flexibility index (Phi) is 3.02. The quantitative estimate of drug-likeness (QED) is 0.735. The molecule has 0 saturated heterocycles. The van der Waals surface area contributed by atoms with E-state index in [0.717, 1.165) is 6.92 Å². The van der Waals surface area contributed by atoms with Crippen molar-refractivity contribution in [3.63, 3.8) is 0 Å². The summed E-state index contributed by atoms with van der Waals surface area (Å²) in [4.78, 5) is -3.92. The van der Waals surface area contributed by atoms with Gasteiger partial charge < -0.3 is 5.11 Å². The number of alkyl halides is 5. The summed E-state index contributed by atoms with van der Waals surface area (Å²) in [6.45, 7) is 0.835. The highest BCUT2D eigenvalue weighted by atomic mass is 79.9. The molecule has 2 unspecified atom stereocenters. The molecule has 0 saturated carbocycles. The van der Waals surface area contributed by atoms with E-state index in [1.807, 2.05) is 0 Å². The van der Waals surface area contributed by atoms with Crippen molar-refractivity contribution in [2.75, 3.05) is 0 Å². The van der Waals surface area contributed by atoms with E-state index in [1.54, 1.807) is 15.9 Å². The molecule has 0 aromatic heterocycles. The van der Waals surface area contributed by atoms with E-state index >= 15 is 0 Å². The first-order valence-electron chi connectivity index (χ1n) is 2.32. The molecule has 2 atom stereocenters. The van der Waals surface area contributed by atoms with Gasteiger partial charge in [-0.3, -0.25) is 0 Å². The lowest BCUT2D eigenvalue weighted by molar-refractivity contribution is -0.0684. The second kappa shape index (κ2) is 2.87. The molecule has 0 aromatic rings. The lowest BCUT2D eigenvalue weighted by Crippen LogP contribution is -2.43. The first-order valence-corrected chi connectivity index (χ1v) is 3.49. The maximum absolute atomic E-state index is 12.4. The Hall–Kier alpha value is 0.520. The van der Waals surface area contributed by atoms with Crippen LogP contribution in [0.25, 0.3) is 0 Å². The van der Waals surface area contributed by atoms with Crippen molar-refractivity contribution in [3.05, 3.63) is 0 Å². The van der Waals surface area contributed by atoms with Gasteiger partial charge in [0.1, 0.15) is 6.10 Å². The van der Waals surface area contributed by atoms with Gasteiger partial charge in [0.2, 0.25) is 0 Å². The van der Waals surface area contributed by atoms with E-state index < -0.39 is 16.1 Å². The van der Waals surface area contributed by atoms with E-state index in [0.29, 0.717) is 0 Å². The maximum Gasteiger partial charge on any atom is 0.351 e. The van der Waals surface area contributed by atoms with E-state index in [-0.39, 0.29) is 0 Å². The van der Waals surface area contributed by atoms with Crippen LogP contribution in [0, 0.1) is 0 Å². The molecule has 0 rings (SSSR count). The molecule has 0 spiro atoms. The van der Waals surface area contributed by atoms with Gasteiger partial charge in [0.05, 0.1) is 0 Å². The average Bonchev–Trinajstić information content (AvgIpc) is 1.62. The van der Waals surface area contributed by atoms with Crippen molar-refractivity contribution in [2.45, 2.75) is 23.0 Å². The van der Waals surface area contributed by atoms with Crippen molar-refractivity contribution in [1.29, 1.82) is 0 Å². The maximum atomic E-state index is 12.4. The molecule has 0 aliphatic heterocycles. The van der Waals surface area contributed by atoms with E-state index in [2.05, 4.69) is 11.6 Å². The van der Waals surface area contributed by atoms with Crippen LogP contribution in [-0.4, -0.2) is 21.2 Å². The molecular weight excluding hydrogens is 236 g/mol. The fourth-order valence-corrected chi connectivity index (χ4v) is 0.568. The van der Waals surface area contributed by atoms with Crippen molar-refractivity contribution in [2.24, 2.45) is 0 Å². The zero-order chi connectivity index (χ0) is 8.58. The first-order chi connectivity index (χ1) is 4.19. The van der Waals surface area contributed by atoms with E-state index in [9.17, 15) is 13.2 Å². The average molecular weight is 241 g/mol. The SMILES string of the molecule is CC(O)C(F)(Cl)C(F)(F)Br. The van der Waals surface area contributed by atoms with Crippen LogP contribution in [0.15, 0.2) is 0 Å². The van der Waals surface area contributed by atoms with Gasteiger partial charge in [-0.25, -0.2) is 4.39 Å². The highest BCUT2D eigenvalue weighted by molar-refractivity contribution is 9.10. The predicted octanol–water partition coefficient (Wildman–Crippen LogP) is 2.26. The molecule has 0 aromatic carbocycles. The lowest BCUT2D eigenvalue weighted by atomic mass is 10.2. The Morgan fingerprint density at radius 2 is 1.80 bits per heavy atom. The van der Waals surface area contributed by atoms with Gasteiger partial charge in [-0.05, 0) is 22.9 Å². The van der Waals surface area contributed by atoms with Crippen LogP contribution >= 0.6 is 27.5 Å². The number of aliphatic hydroxyl groups is 1.